The highest BCUT2D eigenvalue weighted by molar-refractivity contribution is 7.15. The first-order valence-electron chi connectivity index (χ1n) is 8.11. The second-order valence-electron chi connectivity index (χ2n) is 6.82. The van der Waals surface area contributed by atoms with Crippen molar-refractivity contribution in [3.05, 3.63) is 11.1 Å². The van der Waals surface area contributed by atoms with Crippen molar-refractivity contribution < 1.29 is 0 Å². The van der Waals surface area contributed by atoms with E-state index in [0.717, 1.165) is 32.7 Å². The molecule has 1 atom stereocenters. The molecule has 0 spiro atoms. The van der Waals surface area contributed by atoms with Crippen LogP contribution < -0.4 is 10.2 Å². The number of hydrogen-bond acceptors (Lipinski definition) is 5. The van der Waals surface area contributed by atoms with Crippen LogP contribution in [0.4, 0.5) is 5.13 Å². The highest BCUT2D eigenvalue weighted by Gasteiger charge is 2.27. The molecule has 2 heterocycles. The molecule has 0 radical (unpaired) electrons. The summed E-state index contributed by atoms with van der Waals surface area (Å²) in [4.78, 5) is 11.0. The fourth-order valence-corrected chi connectivity index (χ4v) is 3.72. The maximum Gasteiger partial charge on any atom is 0.185 e. The molecule has 1 saturated heterocycles. The van der Waals surface area contributed by atoms with E-state index in [9.17, 15) is 0 Å². The van der Waals surface area contributed by atoms with Crippen LogP contribution in [0.25, 0.3) is 0 Å². The summed E-state index contributed by atoms with van der Waals surface area (Å²) in [6, 6.07) is 0.694. The lowest BCUT2D eigenvalue weighted by molar-refractivity contribution is 0.232. The van der Waals surface area contributed by atoms with Crippen LogP contribution in [-0.2, 0) is 6.54 Å². The number of rotatable bonds is 6. The van der Waals surface area contributed by atoms with E-state index in [1.54, 1.807) is 0 Å². The standard InChI is InChI=1S/C16H30N4S/c1-6-19(7-2)13-8-9-20(12-13)15-17-10-14(21-15)11-18-16(3,4)5/h10,13,18H,6-9,11-12H2,1-5H3. The summed E-state index contributed by atoms with van der Waals surface area (Å²) < 4.78 is 0. The second kappa shape index (κ2) is 7.07. The van der Waals surface area contributed by atoms with Gasteiger partial charge in [0.25, 0.3) is 0 Å². The number of anilines is 1. The van der Waals surface area contributed by atoms with E-state index in [0.29, 0.717) is 6.04 Å². The first-order chi connectivity index (χ1) is 9.93. The fourth-order valence-electron chi connectivity index (χ4n) is 2.83. The van der Waals surface area contributed by atoms with Crippen LogP contribution in [0.1, 0.15) is 45.9 Å². The third-order valence-corrected chi connectivity index (χ3v) is 5.16. The Balaban J connectivity index is 1.90. The van der Waals surface area contributed by atoms with Gasteiger partial charge in [-0.25, -0.2) is 4.98 Å². The lowest BCUT2D eigenvalue weighted by Gasteiger charge is -2.25. The molecule has 21 heavy (non-hydrogen) atoms. The molecular formula is C16H30N4S. The Hall–Kier alpha value is -0.650. The van der Waals surface area contributed by atoms with Crippen molar-refractivity contribution >= 4 is 16.5 Å². The fraction of sp³-hybridized carbons (Fsp3) is 0.812. The molecule has 0 aliphatic carbocycles. The van der Waals surface area contributed by atoms with Crippen molar-refractivity contribution in [3.63, 3.8) is 0 Å². The van der Waals surface area contributed by atoms with E-state index in [1.165, 1.54) is 16.4 Å². The second-order valence-corrected chi connectivity index (χ2v) is 7.92. The van der Waals surface area contributed by atoms with Gasteiger partial charge in [-0.1, -0.05) is 13.8 Å². The molecule has 1 fully saturated rings. The van der Waals surface area contributed by atoms with Crippen LogP contribution in [0.2, 0.25) is 0 Å². The van der Waals surface area contributed by atoms with Gasteiger partial charge >= 0.3 is 0 Å². The van der Waals surface area contributed by atoms with Gasteiger partial charge in [-0.3, -0.25) is 4.90 Å². The Bertz CT molecular complexity index is 434. The number of nitrogens with zero attached hydrogens (tertiary/aromatic N) is 3. The Morgan fingerprint density at radius 2 is 2.10 bits per heavy atom. The predicted molar refractivity (Wildman–Crippen MR) is 92.2 cm³/mol. The lowest BCUT2D eigenvalue weighted by Crippen LogP contribution is -2.37. The molecule has 1 unspecified atom stereocenters. The number of hydrogen-bond donors (Lipinski definition) is 1. The van der Waals surface area contributed by atoms with Crippen molar-refractivity contribution in [3.8, 4) is 0 Å². The van der Waals surface area contributed by atoms with Gasteiger partial charge in [0.2, 0.25) is 0 Å². The topological polar surface area (TPSA) is 31.4 Å². The van der Waals surface area contributed by atoms with Gasteiger partial charge in [-0.15, -0.1) is 11.3 Å². The maximum atomic E-state index is 4.63. The van der Waals surface area contributed by atoms with Gasteiger partial charge in [0, 0.05) is 42.3 Å². The third-order valence-electron chi connectivity index (χ3n) is 4.10. The van der Waals surface area contributed by atoms with E-state index in [-0.39, 0.29) is 5.54 Å². The van der Waals surface area contributed by atoms with E-state index in [4.69, 9.17) is 0 Å². The van der Waals surface area contributed by atoms with Crippen molar-refractivity contribution in [2.75, 3.05) is 31.1 Å². The summed E-state index contributed by atoms with van der Waals surface area (Å²) in [5.74, 6) is 0. The summed E-state index contributed by atoms with van der Waals surface area (Å²) in [6.07, 6.45) is 3.29. The average molecular weight is 311 g/mol. The highest BCUT2D eigenvalue weighted by Crippen LogP contribution is 2.27. The molecule has 1 aromatic rings. The Morgan fingerprint density at radius 1 is 1.38 bits per heavy atom. The first kappa shape index (κ1) is 16.7. The molecule has 1 aromatic heterocycles. The molecular weight excluding hydrogens is 280 g/mol. The molecule has 1 aliphatic heterocycles. The summed E-state index contributed by atoms with van der Waals surface area (Å²) in [6.45, 7) is 16.6. The maximum absolute atomic E-state index is 4.63. The van der Waals surface area contributed by atoms with Gasteiger partial charge in [0.05, 0.1) is 0 Å². The summed E-state index contributed by atoms with van der Waals surface area (Å²) in [7, 11) is 0. The zero-order chi connectivity index (χ0) is 15.5. The normalized spacial score (nSPS) is 19.7. The number of thiazole rings is 1. The van der Waals surface area contributed by atoms with Crippen LogP contribution in [0.3, 0.4) is 0 Å². The van der Waals surface area contributed by atoms with Gasteiger partial charge in [0.1, 0.15) is 0 Å². The molecule has 2 rings (SSSR count). The average Bonchev–Trinajstić information content (AvgIpc) is 3.05. The Labute approximate surface area is 133 Å². The Kier molecular flexibility index (Phi) is 5.63. The van der Waals surface area contributed by atoms with Crippen LogP contribution in [0, 0.1) is 0 Å². The van der Waals surface area contributed by atoms with Gasteiger partial charge in [-0.2, -0.15) is 0 Å². The molecule has 0 aromatic carbocycles. The molecule has 5 heteroatoms. The van der Waals surface area contributed by atoms with Crippen molar-refractivity contribution in [2.45, 2.75) is 59.2 Å². The lowest BCUT2D eigenvalue weighted by atomic mass is 10.1. The molecule has 4 nitrogen and oxygen atoms in total. The van der Waals surface area contributed by atoms with Crippen molar-refractivity contribution in [1.29, 1.82) is 0 Å². The van der Waals surface area contributed by atoms with Crippen molar-refractivity contribution in [1.82, 2.24) is 15.2 Å². The number of aromatic nitrogens is 1. The minimum atomic E-state index is 0.158. The monoisotopic (exact) mass is 310 g/mol. The zero-order valence-electron chi connectivity index (χ0n) is 14.1. The van der Waals surface area contributed by atoms with Crippen molar-refractivity contribution in [2.24, 2.45) is 0 Å². The smallest absolute Gasteiger partial charge is 0.185 e. The first-order valence-corrected chi connectivity index (χ1v) is 8.93. The van der Waals surface area contributed by atoms with Gasteiger partial charge < -0.3 is 10.2 Å². The molecule has 0 saturated carbocycles. The van der Waals surface area contributed by atoms with Crippen LogP contribution >= 0.6 is 11.3 Å². The minimum absolute atomic E-state index is 0.158. The number of likely N-dealkylation sites (N-methyl/N-ethyl adjacent to an activating group) is 1. The molecule has 0 amide bonds. The minimum Gasteiger partial charge on any atom is -0.346 e. The van der Waals surface area contributed by atoms with Crippen LogP contribution in [-0.4, -0.2) is 47.6 Å². The zero-order valence-corrected chi connectivity index (χ0v) is 15.0. The molecule has 120 valence electrons. The quantitative estimate of drug-likeness (QED) is 0.875. The predicted octanol–water partition coefficient (Wildman–Crippen LogP) is 2.95. The summed E-state index contributed by atoms with van der Waals surface area (Å²) >= 11 is 1.83. The van der Waals surface area contributed by atoms with Crippen LogP contribution in [0.15, 0.2) is 6.20 Å². The summed E-state index contributed by atoms with van der Waals surface area (Å²) in [5.41, 5.74) is 0.158. The molecule has 0 bridgehead atoms. The van der Waals surface area contributed by atoms with E-state index >= 15 is 0 Å². The van der Waals surface area contributed by atoms with Gasteiger partial charge in [0.15, 0.2) is 5.13 Å². The van der Waals surface area contributed by atoms with E-state index in [1.807, 2.05) is 17.5 Å². The largest absolute Gasteiger partial charge is 0.346 e. The third kappa shape index (κ3) is 4.66. The highest BCUT2D eigenvalue weighted by atomic mass is 32.1. The van der Waals surface area contributed by atoms with E-state index in [2.05, 4.69) is 54.7 Å². The van der Waals surface area contributed by atoms with Gasteiger partial charge in [-0.05, 0) is 40.3 Å². The summed E-state index contributed by atoms with van der Waals surface area (Å²) in [5, 5.41) is 4.72. The Morgan fingerprint density at radius 3 is 2.71 bits per heavy atom. The SMILES string of the molecule is CCN(CC)C1CCN(c2ncc(CNC(C)(C)C)s2)C1. The van der Waals surface area contributed by atoms with E-state index < -0.39 is 0 Å². The molecule has 1 aliphatic rings. The number of nitrogens with one attached hydrogen (secondary N) is 1. The van der Waals surface area contributed by atoms with Crippen LogP contribution in [0.5, 0.6) is 0 Å². The molecule has 1 N–H and O–H groups in total.